The summed E-state index contributed by atoms with van der Waals surface area (Å²) < 4.78 is 1.85. The third-order valence-corrected chi connectivity index (χ3v) is 2.32. The number of nitrogens with two attached hydrogens (primary N) is 1. The normalized spacial score (nSPS) is 12.7. The second kappa shape index (κ2) is 5.57. The minimum Gasteiger partial charge on any atom is -0.271 e. The number of unbranched alkanes of at least 4 members (excludes halogenated alkanes) is 1. The lowest BCUT2D eigenvalue weighted by Gasteiger charge is -2.15. The van der Waals surface area contributed by atoms with Gasteiger partial charge in [0, 0.05) is 13.2 Å². The van der Waals surface area contributed by atoms with Gasteiger partial charge in [0.25, 0.3) is 0 Å². The average molecular weight is 194 g/mol. The highest BCUT2D eigenvalue weighted by atomic mass is 15.3. The summed E-state index contributed by atoms with van der Waals surface area (Å²) in [6, 6.07) is 2.17. The Morgan fingerprint density at radius 3 is 3.07 bits per heavy atom. The molecule has 0 saturated carbocycles. The number of aryl methyl sites for hydroxylation is 1. The van der Waals surface area contributed by atoms with Crippen LogP contribution in [0.2, 0.25) is 0 Å². The lowest BCUT2D eigenvalue weighted by Crippen LogP contribution is -2.29. The van der Waals surface area contributed by atoms with E-state index in [0.717, 1.165) is 25.0 Å². The molecule has 4 nitrogen and oxygen atoms in total. The Labute approximate surface area is 84.8 Å². The van der Waals surface area contributed by atoms with Gasteiger partial charge in [0.2, 0.25) is 0 Å². The maximum atomic E-state index is 5.50. The molecule has 4 heteroatoms. The van der Waals surface area contributed by atoms with Crippen molar-refractivity contribution in [1.29, 1.82) is 0 Å². The number of hydrazine groups is 1. The molecule has 0 aliphatic rings. The quantitative estimate of drug-likeness (QED) is 0.310. The Morgan fingerprint density at radius 1 is 1.79 bits per heavy atom. The predicted molar refractivity (Wildman–Crippen MR) is 57.3 cm³/mol. The molecule has 0 spiro atoms. The third kappa shape index (κ3) is 2.68. The van der Waals surface area contributed by atoms with Gasteiger partial charge in [-0.15, -0.1) is 6.58 Å². The highest BCUT2D eigenvalue weighted by Gasteiger charge is 2.11. The third-order valence-electron chi connectivity index (χ3n) is 2.32. The molecule has 1 unspecified atom stereocenters. The molecule has 1 aromatic rings. The van der Waals surface area contributed by atoms with Crippen LogP contribution in [0.1, 0.15) is 31.0 Å². The molecule has 0 aliphatic carbocycles. The Morgan fingerprint density at radius 2 is 2.57 bits per heavy atom. The van der Waals surface area contributed by atoms with Crippen LogP contribution in [0, 0.1) is 0 Å². The summed E-state index contributed by atoms with van der Waals surface area (Å²) in [5.41, 5.74) is 3.93. The molecular weight excluding hydrogens is 176 g/mol. The molecule has 0 fully saturated rings. The summed E-state index contributed by atoms with van der Waals surface area (Å²) >= 11 is 0. The second-order valence-electron chi connectivity index (χ2n) is 3.32. The van der Waals surface area contributed by atoms with Crippen LogP contribution < -0.4 is 11.3 Å². The molecule has 0 saturated heterocycles. The van der Waals surface area contributed by atoms with Crippen molar-refractivity contribution in [3.63, 3.8) is 0 Å². The van der Waals surface area contributed by atoms with Gasteiger partial charge in [0.05, 0.1) is 11.7 Å². The zero-order valence-electron chi connectivity index (χ0n) is 8.61. The van der Waals surface area contributed by atoms with E-state index in [1.165, 1.54) is 0 Å². The SMILES string of the molecule is C=CCCCC(NN)c1ccnn1C. The fourth-order valence-electron chi connectivity index (χ4n) is 1.51. The Balaban J connectivity index is 2.54. The number of nitrogens with zero attached hydrogens (tertiary/aromatic N) is 2. The smallest absolute Gasteiger partial charge is 0.0629 e. The number of rotatable bonds is 6. The first-order valence-corrected chi connectivity index (χ1v) is 4.84. The molecule has 3 N–H and O–H groups in total. The van der Waals surface area contributed by atoms with Crippen molar-refractivity contribution in [3.05, 3.63) is 30.6 Å². The zero-order chi connectivity index (χ0) is 10.4. The van der Waals surface area contributed by atoms with E-state index in [1.54, 1.807) is 6.20 Å². The van der Waals surface area contributed by atoms with Crippen LogP contribution in [0.5, 0.6) is 0 Å². The molecule has 0 radical (unpaired) electrons. The van der Waals surface area contributed by atoms with Gasteiger partial charge < -0.3 is 0 Å². The van der Waals surface area contributed by atoms with Gasteiger partial charge in [0.1, 0.15) is 0 Å². The Bertz CT molecular complexity index is 279. The summed E-state index contributed by atoms with van der Waals surface area (Å²) in [7, 11) is 1.92. The number of nitrogens with one attached hydrogen (secondary N) is 1. The van der Waals surface area contributed by atoms with Crippen LogP contribution in [0.15, 0.2) is 24.9 Å². The fraction of sp³-hybridized carbons (Fsp3) is 0.500. The molecule has 14 heavy (non-hydrogen) atoms. The molecule has 0 aromatic carbocycles. The van der Waals surface area contributed by atoms with E-state index >= 15 is 0 Å². The summed E-state index contributed by atoms with van der Waals surface area (Å²) in [6.45, 7) is 3.69. The van der Waals surface area contributed by atoms with E-state index in [0.29, 0.717) is 0 Å². The second-order valence-corrected chi connectivity index (χ2v) is 3.32. The molecular formula is C10H18N4. The average Bonchev–Trinajstić information content (AvgIpc) is 2.60. The maximum Gasteiger partial charge on any atom is 0.0629 e. The molecule has 0 bridgehead atoms. The van der Waals surface area contributed by atoms with Crippen LogP contribution in [-0.4, -0.2) is 9.78 Å². The fourth-order valence-corrected chi connectivity index (χ4v) is 1.51. The molecule has 1 atom stereocenters. The lowest BCUT2D eigenvalue weighted by molar-refractivity contribution is 0.468. The molecule has 1 aromatic heterocycles. The van der Waals surface area contributed by atoms with Gasteiger partial charge in [-0.3, -0.25) is 16.0 Å². The monoisotopic (exact) mass is 194 g/mol. The van der Waals surface area contributed by atoms with Gasteiger partial charge in [0.15, 0.2) is 0 Å². The van der Waals surface area contributed by atoms with E-state index in [4.69, 9.17) is 5.84 Å². The molecule has 78 valence electrons. The van der Waals surface area contributed by atoms with Gasteiger partial charge in [-0.25, -0.2) is 0 Å². The number of allylic oxidation sites excluding steroid dienone is 1. The van der Waals surface area contributed by atoms with Crippen LogP contribution in [-0.2, 0) is 7.05 Å². The molecule has 1 heterocycles. The van der Waals surface area contributed by atoms with Crippen molar-refractivity contribution in [1.82, 2.24) is 15.2 Å². The molecule has 0 aliphatic heterocycles. The van der Waals surface area contributed by atoms with Gasteiger partial charge in [-0.2, -0.15) is 5.10 Å². The van der Waals surface area contributed by atoms with Crippen molar-refractivity contribution in [2.24, 2.45) is 12.9 Å². The van der Waals surface area contributed by atoms with E-state index in [2.05, 4.69) is 17.1 Å². The summed E-state index contributed by atoms with van der Waals surface area (Å²) in [5, 5.41) is 4.11. The van der Waals surface area contributed by atoms with E-state index < -0.39 is 0 Å². The van der Waals surface area contributed by atoms with Crippen molar-refractivity contribution >= 4 is 0 Å². The highest BCUT2D eigenvalue weighted by Crippen LogP contribution is 2.17. The van der Waals surface area contributed by atoms with Crippen LogP contribution >= 0.6 is 0 Å². The molecule has 1 rings (SSSR count). The molecule has 0 amide bonds. The van der Waals surface area contributed by atoms with E-state index in [1.807, 2.05) is 23.9 Å². The van der Waals surface area contributed by atoms with Gasteiger partial charge in [-0.1, -0.05) is 6.08 Å². The number of hydrogen-bond donors (Lipinski definition) is 2. The van der Waals surface area contributed by atoms with Gasteiger partial charge >= 0.3 is 0 Å². The first-order chi connectivity index (χ1) is 6.79. The largest absolute Gasteiger partial charge is 0.271 e. The minimum atomic E-state index is 0.183. The maximum absolute atomic E-state index is 5.50. The highest BCUT2D eigenvalue weighted by molar-refractivity contribution is 5.06. The van der Waals surface area contributed by atoms with Crippen molar-refractivity contribution in [3.8, 4) is 0 Å². The van der Waals surface area contributed by atoms with Crippen molar-refractivity contribution in [2.75, 3.05) is 0 Å². The first-order valence-electron chi connectivity index (χ1n) is 4.84. The van der Waals surface area contributed by atoms with E-state index in [-0.39, 0.29) is 6.04 Å². The minimum absolute atomic E-state index is 0.183. The predicted octanol–water partition coefficient (Wildman–Crippen LogP) is 1.28. The van der Waals surface area contributed by atoms with Crippen LogP contribution in [0.3, 0.4) is 0 Å². The topological polar surface area (TPSA) is 55.9 Å². The summed E-state index contributed by atoms with van der Waals surface area (Å²) in [4.78, 5) is 0. The standard InChI is InChI=1S/C10H18N4/c1-3-4-5-6-9(13-11)10-7-8-12-14(10)2/h3,7-9,13H,1,4-6,11H2,2H3. The van der Waals surface area contributed by atoms with Crippen LogP contribution in [0.4, 0.5) is 0 Å². The Kier molecular flexibility index (Phi) is 4.35. The lowest BCUT2D eigenvalue weighted by atomic mass is 10.1. The number of aromatic nitrogens is 2. The van der Waals surface area contributed by atoms with Gasteiger partial charge in [-0.05, 0) is 25.3 Å². The van der Waals surface area contributed by atoms with Crippen molar-refractivity contribution in [2.45, 2.75) is 25.3 Å². The van der Waals surface area contributed by atoms with E-state index in [9.17, 15) is 0 Å². The Hall–Kier alpha value is -1.13. The van der Waals surface area contributed by atoms with Crippen molar-refractivity contribution < 1.29 is 0 Å². The van der Waals surface area contributed by atoms with Crippen LogP contribution in [0.25, 0.3) is 0 Å². The zero-order valence-corrected chi connectivity index (χ0v) is 8.61. The first kappa shape index (κ1) is 10.9. The summed E-state index contributed by atoms with van der Waals surface area (Å²) in [5.74, 6) is 5.50. The number of hydrogen-bond acceptors (Lipinski definition) is 3. The summed E-state index contributed by atoms with van der Waals surface area (Å²) in [6.07, 6.45) is 6.83.